The summed E-state index contributed by atoms with van der Waals surface area (Å²) in [6.07, 6.45) is 0. The quantitative estimate of drug-likeness (QED) is 0.303. The molecule has 11 heteroatoms. The molecule has 3 rings (SSSR count). The first-order valence-electron chi connectivity index (χ1n) is 6.67. The zero-order valence-corrected chi connectivity index (χ0v) is 17.8. The van der Waals surface area contributed by atoms with Crippen molar-refractivity contribution < 1.29 is 9.59 Å². The molecule has 0 bridgehead atoms. The minimum Gasteiger partial charge on any atom is -0.292 e. The Morgan fingerprint density at radius 3 is 1.60 bits per heavy atom. The smallest absolute Gasteiger partial charge is 0.183 e. The van der Waals surface area contributed by atoms with Gasteiger partial charge < -0.3 is 0 Å². The number of aromatic nitrogens is 2. The molecule has 0 aromatic carbocycles. The molecule has 0 fully saturated rings. The van der Waals surface area contributed by atoms with Crippen LogP contribution in [0.15, 0.2) is 32.9 Å². The monoisotopic (exact) mass is 466 g/mol. The summed E-state index contributed by atoms with van der Waals surface area (Å²) in [7, 11) is 0. The molecule has 0 aliphatic heterocycles. The van der Waals surface area contributed by atoms with Crippen molar-refractivity contribution >= 4 is 92.3 Å². The fraction of sp³-hybridized carbons (Fsp3) is 0.143. The van der Waals surface area contributed by atoms with Crippen LogP contribution < -0.4 is 0 Å². The number of Topliss-reactive ketones (excluding diaryl/α,β-unsaturated/α-hetero) is 2. The Morgan fingerprint density at radius 1 is 0.800 bits per heavy atom. The Kier molecular flexibility index (Phi) is 6.95. The number of halogens is 2. The average molecular weight is 467 g/mol. The number of hydrogen-bond acceptors (Lipinski definition) is 9. The molecule has 0 aliphatic carbocycles. The number of nitrogens with zero attached hydrogens (tertiary/aromatic N) is 2. The number of thioether (sulfide) groups is 2. The van der Waals surface area contributed by atoms with E-state index in [1.807, 2.05) is 0 Å². The summed E-state index contributed by atoms with van der Waals surface area (Å²) in [6.45, 7) is 0. The molecule has 4 nitrogen and oxygen atoms in total. The lowest BCUT2D eigenvalue weighted by Gasteiger charge is -1.95. The van der Waals surface area contributed by atoms with E-state index in [4.69, 9.17) is 23.2 Å². The van der Waals surface area contributed by atoms with Gasteiger partial charge in [-0.1, -0.05) is 58.1 Å². The van der Waals surface area contributed by atoms with Gasteiger partial charge in [-0.25, -0.2) is 0 Å². The van der Waals surface area contributed by atoms with E-state index in [0.29, 0.717) is 27.1 Å². The highest BCUT2D eigenvalue weighted by molar-refractivity contribution is 8.03. The Hall–Kier alpha value is -0.420. The first-order valence-corrected chi connectivity index (χ1v) is 11.8. The molecule has 0 amide bonds. The Bertz CT molecular complexity index is 834. The number of rotatable bonds is 8. The maximum atomic E-state index is 12.0. The first kappa shape index (κ1) is 19.3. The molecule has 0 radical (unpaired) electrons. The van der Waals surface area contributed by atoms with E-state index in [1.165, 1.54) is 57.5 Å². The van der Waals surface area contributed by atoms with E-state index in [0.717, 1.165) is 0 Å². The average Bonchev–Trinajstić information content (AvgIpc) is 3.31. The minimum absolute atomic E-state index is 0.0102. The third-order valence-electron chi connectivity index (χ3n) is 2.74. The Labute approximate surface area is 174 Å². The Balaban J connectivity index is 1.49. The van der Waals surface area contributed by atoms with Gasteiger partial charge in [-0.3, -0.25) is 9.59 Å². The van der Waals surface area contributed by atoms with Crippen molar-refractivity contribution in [2.24, 2.45) is 0 Å². The van der Waals surface area contributed by atoms with Crippen molar-refractivity contribution in [3.8, 4) is 0 Å². The fourth-order valence-electron chi connectivity index (χ4n) is 1.64. The molecule has 0 spiro atoms. The number of thiophene rings is 2. The number of carbonyl (C=O) groups is 2. The van der Waals surface area contributed by atoms with E-state index >= 15 is 0 Å². The third kappa shape index (κ3) is 5.53. The van der Waals surface area contributed by atoms with Crippen LogP contribution in [0.4, 0.5) is 0 Å². The normalized spacial score (nSPS) is 11.0. The highest BCUT2D eigenvalue weighted by Gasteiger charge is 2.14. The standard InChI is InChI=1S/C14H8Cl2N2O2S5/c15-11-3-1-9(23-11)7(19)5-21-13-17-18-14(25-13)22-6-8(20)10-2-4-12(16)24-10/h1-4H,5-6H2. The molecule has 3 aromatic rings. The summed E-state index contributed by atoms with van der Waals surface area (Å²) in [5.74, 6) is 0.582. The van der Waals surface area contributed by atoms with Gasteiger partial charge in [0.25, 0.3) is 0 Å². The second-order valence-corrected chi connectivity index (χ2v) is 11.3. The van der Waals surface area contributed by atoms with Crippen LogP contribution in [0.2, 0.25) is 8.67 Å². The minimum atomic E-state index is 0.0102. The van der Waals surface area contributed by atoms with Gasteiger partial charge in [0.2, 0.25) is 0 Å². The van der Waals surface area contributed by atoms with Crippen molar-refractivity contribution in [1.82, 2.24) is 10.2 Å². The SMILES string of the molecule is O=C(CSc1nnc(SCC(=O)c2ccc(Cl)s2)s1)c1ccc(Cl)s1. The van der Waals surface area contributed by atoms with Crippen LogP contribution in [0.5, 0.6) is 0 Å². The van der Waals surface area contributed by atoms with Crippen molar-refractivity contribution in [3.05, 3.63) is 42.7 Å². The molecule has 3 aromatic heterocycles. The zero-order valence-electron chi connectivity index (χ0n) is 12.2. The lowest BCUT2D eigenvalue weighted by molar-refractivity contribution is 0.101. The van der Waals surface area contributed by atoms with Gasteiger partial charge in [0.15, 0.2) is 20.2 Å². The third-order valence-corrected chi connectivity index (χ3v) is 8.47. The molecule has 3 heterocycles. The van der Waals surface area contributed by atoms with Gasteiger partial charge in [0.1, 0.15) is 0 Å². The van der Waals surface area contributed by atoms with Crippen LogP contribution in [0, 0.1) is 0 Å². The molecule has 25 heavy (non-hydrogen) atoms. The second-order valence-electron chi connectivity index (χ2n) is 4.47. The highest BCUT2D eigenvalue weighted by Crippen LogP contribution is 2.31. The van der Waals surface area contributed by atoms with Gasteiger partial charge >= 0.3 is 0 Å². The molecule has 130 valence electrons. The van der Waals surface area contributed by atoms with Crippen LogP contribution in [0.1, 0.15) is 19.3 Å². The van der Waals surface area contributed by atoms with Crippen LogP contribution in [0.25, 0.3) is 0 Å². The van der Waals surface area contributed by atoms with Gasteiger partial charge in [-0.2, -0.15) is 0 Å². The lowest BCUT2D eigenvalue weighted by Crippen LogP contribution is -1.98. The first-order chi connectivity index (χ1) is 12.0. The van der Waals surface area contributed by atoms with Crippen LogP contribution >= 0.6 is 80.7 Å². The van der Waals surface area contributed by atoms with E-state index in [2.05, 4.69) is 10.2 Å². The van der Waals surface area contributed by atoms with Crippen molar-refractivity contribution in [3.63, 3.8) is 0 Å². The van der Waals surface area contributed by atoms with Gasteiger partial charge in [-0.05, 0) is 24.3 Å². The van der Waals surface area contributed by atoms with Crippen molar-refractivity contribution in [2.45, 2.75) is 8.68 Å². The van der Waals surface area contributed by atoms with Crippen molar-refractivity contribution in [2.75, 3.05) is 11.5 Å². The van der Waals surface area contributed by atoms with Crippen molar-refractivity contribution in [1.29, 1.82) is 0 Å². The molecule has 0 saturated carbocycles. The Morgan fingerprint density at radius 2 is 1.24 bits per heavy atom. The topological polar surface area (TPSA) is 59.9 Å². The molecular formula is C14H8Cl2N2O2S5. The summed E-state index contributed by atoms with van der Waals surface area (Å²) in [6, 6.07) is 6.86. The number of hydrogen-bond donors (Lipinski definition) is 0. The summed E-state index contributed by atoms with van der Waals surface area (Å²) in [5, 5.41) is 8.10. The molecular weight excluding hydrogens is 459 g/mol. The second kappa shape index (κ2) is 8.98. The predicted molar refractivity (Wildman–Crippen MR) is 109 cm³/mol. The van der Waals surface area contributed by atoms with Crippen LogP contribution in [-0.2, 0) is 0 Å². The van der Waals surface area contributed by atoms with E-state index in [-0.39, 0.29) is 23.1 Å². The van der Waals surface area contributed by atoms with Crippen LogP contribution in [0.3, 0.4) is 0 Å². The fourth-order valence-corrected chi connectivity index (χ4v) is 6.57. The lowest BCUT2D eigenvalue weighted by atomic mass is 10.4. The van der Waals surface area contributed by atoms with Gasteiger partial charge in [0, 0.05) is 0 Å². The summed E-state index contributed by atoms with van der Waals surface area (Å²) in [5.41, 5.74) is 0. The molecule has 0 aliphatic rings. The largest absolute Gasteiger partial charge is 0.292 e. The maximum absolute atomic E-state index is 12.0. The summed E-state index contributed by atoms with van der Waals surface area (Å²) >= 11 is 18.2. The van der Waals surface area contributed by atoms with Gasteiger partial charge in [0.05, 0.1) is 29.9 Å². The van der Waals surface area contributed by atoms with Crippen LogP contribution in [-0.4, -0.2) is 33.3 Å². The summed E-state index contributed by atoms with van der Waals surface area (Å²) in [4.78, 5) is 25.4. The summed E-state index contributed by atoms with van der Waals surface area (Å²) < 4.78 is 2.59. The van der Waals surface area contributed by atoms with E-state index in [1.54, 1.807) is 24.3 Å². The molecule has 0 unspecified atom stereocenters. The van der Waals surface area contributed by atoms with Gasteiger partial charge in [-0.15, -0.1) is 32.9 Å². The molecule has 0 N–H and O–H groups in total. The maximum Gasteiger partial charge on any atom is 0.183 e. The molecule has 0 atom stereocenters. The highest BCUT2D eigenvalue weighted by atomic mass is 35.5. The van der Waals surface area contributed by atoms with E-state index in [9.17, 15) is 9.59 Å². The number of carbonyl (C=O) groups excluding carboxylic acids is 2. The zero-order chi connectivity index (χ0) is 17.8. The predicted octanol–water partition coefficient (Wildman–Crippen LogP) is 5.92. The number of ketones is 2. The molecule has 0 saturated heterocycles. The van der Waals surface area contributed by atoms with E-state index < -0.39 is 0 Å².